The summed E-state index contributed by atoms with van der Waals surface area (Å²) in [5.74, 6) is 0.565. The summed E-state index contributed by atoms with van der Waals surface area (Å²) in [6.07, 6.45) is 2.34. The molecule has 0 atom stereocenters. The van der Waals surface area contributed by atoms with Gasteiger partial charge in [-0.15, -0.1) is 0 Å². The monoisotopic (exact) mass is 259 g/mol. The van der Waals surface area contributed by atoms with Gasteiger partial charge in [-0.25, -0.2) is 0 Å². The third kappa shape index (κ3) is 6.07. The first-order valence-corrected chi connectivity index (χ1v) is 7.21. The molecule has 1 aromatic carbocycles. The maximum absolute atomic E-state index is 3.58. The van der Waals surface area contributed by atoms with Crippen LogP contribution in [0.5, 0.6) is 0 Å². The Balaban J connectivity index is 2.94. The van der Waals surface area contributed by atoms with Gasteiger partial charge in [-0.3, -0.25) is 0 Å². The highest BCUT2D eigenvalue weighted by atomic mass is 14.9. The second-order valence-corrected chi connectivity index (χ2v) is 6.90. The van der Waals surface area contributed by atoms with Gasteiger partial charge in [0.1, 0.15) is 0 Å². The highest BCUT2D eigenvalue weighted by Gasteiger charge is 2.11. The lowest BCUT2D eigenvalue weighted by Gasteiger charge is -2.23. The van der Waals surface area contributed by atoms with Gasteiger partial charge in [0.05, 0.1) is 0 Å². The smallest absolute Gasteiger partial charge is 0.0175 e. The summed E-state index contributed by atoms with van der Waals surface area (Å²) in [6, 6.07) is 6.73. The Bertz CT molecular complexity index is 427. The molecule has 1 nitrogen and oxygen atoms in total. The van der Waals surface area contributed by atoms with E-state index < -0.39 is 0 Å². The van der Waals surface area contributed by atoms with Crippen LogP contribution in [-0.4, -0.2) is 12.1 Å². The van der Waals surface area contributed by atoms with Crippen molar-refractivity contribution in [1.29, 1.82) is 0 Å². The predicted molar refractivity (Wildman–Crippen MR) is 86.5 cm³/mol. The lowest BCUT2D eigenvalue weighted by molar-refractivity contribution is 0.437. The standard InChI is InChI=1S/C18H29N/c1-13(2)17(12-19-18(5,6)7)11-16-9-14(3)8-15(4)10-16/h8-11,13,19H,12H2,1-7H3. The molecule has 0 aliphatic carbocycles. The minimum atomic E-state index is 0.163. The van der Waals surface area contributed by atoms with Crippen LogP contribution < -0.4 is 5.32 Å². The van der Waals surface area contributed by atoms with Gasteiger partial charge in [0.25, 0.3) is 0 Å². The van der Waals surface area contributed by atoms with Crippen LogP contribution in [0.25, 0.3) is 6.08 Å². The SMILES string of the molecule is Cc1cc(C)cc(C=C(CNC(C)(C)C)C(C)C)c1. The highest BCUT2D eigenvalue weighted by Crippen LogP contribution is 2.17. The Morgan fingerprint density at radius 2 is 1.63 bits per heavy atom. The van der Waals surface area contributed by atoms with Crippen molar-refractivity contribution in [1.82, 2.24) is 5.32 Å². The Morgan fingerprint density at radius 3 is 2.05 bits per heavy atom. The number of hydrogen-bond acceptors (Lipinski definition) is 1. The molecular weight excluding hydrogens is 230 g/mol. The van der Waals surface area contributed by atoms with Crippen molar-refractivity contribution in [3.63, 3.8) is 0 Å². The largest absolute Gasteiger partial charge is 0.308 e. The van der Waals surface area contributed by atoms with E-state index in [1.165, 1.54) is 22.3 Å². The highest BCUT2D eigenvalue weighted by molar-refractivity contribution is 5.55. The Kier molecular flexibility index (Phi) is 5.37. The minimum absolute atomic E-state index is 0.163. The number of rotatable bonds is 4. The van der Waals surface area contributed by atoms with E-state index in [9.17, 15) is 0 Å². The molecule has 1 heteroatoms. The van der Waals surface area contributed by atoms with Crippen LogP contribution in [0.4, 0.5) is 0 Å². The number of nitrogens with one attached hydrogen (secondary N) is 1. The third-order valence-electron chi connectivity index (χ3n) is 3.16. The van der Waals surface area contributed by atoms with Crippen molar-refractivity contribution in [3.05, 3.63) is 40.5 Å². The van der Waals surface area contributed by atoms with E-state index in [1.807, 2.05) is 0 Å². The maximum atomic E-state index is 3.58. The van der Waals surface area contributed by atoms with E-state index in [0.29, 0.717) is 5.92 Å². The fraction of sp³-hybridized carbons (Fsp3) is 0.556. The Hall–Kier alpha value is -1.08. The van der Waals surface area contributed by atoms with Crippen molar-refractivity contribution < 1.29 is 0 Å². The molecule has 0 saturated carbocycles. The van der Waals surface area contributed by atoms with Gasteiger partial charge in [0.15, 0.2) is 0 Å². The van der Waals surface area contributed by atoms with Crippen LogP contribution in [0.2, 0.25) is 0 Å². The molecule has 1 aromatic rings. The Labute approximate surface area is 119 Å². The van der Waals surface area contributed by atoms with E-state index >= 15 is 0 Å². The summed E-state index contributed by atoms with van der Waals surface area (Å²) in [7, 11) is 0. The molecule has 0 heterocycles. The van der Waals surface area contributed by atoms with Crippen molar-refractivity contribution in [2.45, 2.75) is 54.0 Å². The summed E-state index contributed by atoms with van der Waals surface area (Å²) >= 11 is 0. The second-order valence-electron chi connectivity index (χ2n) is 6.90. The summed E-state index contributed by atoms with van der Waals surface area (Å²) in [5, 5.41) is 3.58. The molecule has 1 rings (SSSR count). The first-order valence-electron chi connectivity index (χ1n) is 7.21. The molecule has 0 unspecified atom stereocenters. The molecule has 0 fully saturated rings. The molecular formula is C18H29N. The molecule has 106 valence electrons. The molecule has 0 aromatic heterocycles. The van der Waals surface area contributed by atoms with Gasteiger partial charge in [-0.05, 0) is 46.1 Å². The average molecular weight is 259 g/mol. The minimum Gasteiger partial charge on any atom is -0.308 e. The maximum Gasteiger partial charge on any atom is 0.0175 e. The average Bonchev–Trinajstić information content (AvgIpc) is 2.20. The fourth-order valence-corrected chi connectivity index (χ4v) is 2.10. The van der Waals surface area contributed by atoms with Crippen LogP contribution in [0.3, 0.4) is 0 Å². The lowest BCUT2D eigenvalue weighted by Crippen LogP contribution is -2.37. The van der Waals surface area contributed by atoms with Crippen molar-refractivity contribution in [2.75, 3.05) is 6.54 Å². The quantitative estimate of drug-likeness (QED) is 0.824. The summed E-state index contributed by atoms with van der Waals surface area (Å²) < 4.78 is 0. The van der Waals surface area contributed by atoms with Gasteiger partial charge < -0.3 is 5.32 Å². The fourth-order valence-electron chi connectivity index (χ4n) is 2.10. The summed E-state index contributed by atoms with van der Waals surface area (Å²) in [5.41, 5.74) is 5.60. The number of benzene rings is 1. The van der Waals surface area contributed by atoms with E-state index in [1.54, 1.807) is 0 Å². The zero-order valence-corrected chi connectivity index (χ0v) is 13.6. The van der Waals surface area contributed by atoms with Gasteiger partial charge in [-0.1, -0.05) is 54.8 Å². The molecule has 1 N–H and O–H groups in total. The molecule has 0 amide bonds. The third-order valence-corrected chi connectivity index (χ3v) is 3.16. The van der Waals surface area contributed by atoms with E-state index in [0.717, 1.165) is 6.54 Å². The van der Waals surface area contributed by atoms with Gasteiger partial charge in [0, 0.05) is 12.1 Å². The van der Waals surface area contributed by atoms with Gasteiger partial charge in [0.2, 0.25) is 0 Å². The molecule has 0 saturated heterocycles. The molecule has 0 radical (unpaired) electrons. The van der Waals surface area contributed by atoms with Crippen LogP contribution in [-0.2, 0) is 0 Å². The normalized spacial score (nSPS) is 13.2. The topological polar surface area (TPSA) is 12.0 Å². The van der Waals surface area contributed by atoms with Crippen LogP contribution >= 0.6 is 0 Å². The first-order chi connectivity index (χ1) is 8.67. The second kappa shape index (κ2) is 6.38. The number of hydrogen-bond donors (Lipinski definition) is 1. The molecule has 19 heavy (non-hydrogen) atoms. The van der Waals surface area contributed by atoms with Crippen LogP contribution in [0.15, 0.2) is 23.8 Å². The number of aryl methyl sites for hydroxylation is 2. The van der Waals surface area contributed by atoms with E-state index in [4.69, 9.17) is 0 Å². The summed E-state index contributed by atoms with van der Waals surface area (Å²) in [4.78, 5) is 0. The summed E-state index contributed by atoms with van der Waals surface area (Å²) in [6.45, 7) is 16.4. The molecule has 0 bridgehead atoms. The Morgan fingerprint density at radius 1 is 1.11 bits per heavy atom. The van der Waals surface area contributed by atoms with Crippen molar-refractivity contribution >= 4 is 6.08 Å². The van der Waals surface area contributed by atoms with Gasteiger partial charge >= 0.3 is 0 Å². The van der Waals surface area contributed by atoms with E-state index in [2.05, 4.69) is 78.1 Å². The van der Waals surface area contributed by atoms with Gasteiger partial charge in [-0.2, -0.15) is 0 Å². The van der Waals surface area contributed by atoms with Crippen LogP contribution in [0.1, 0.15) is 51.3 Å². The zero-order chi connectivity index (χ0) is 14.6. The van der Waals surface area contributed by atoms with Crippen molar-refractivity contribution in [2.24, 2.45) is 5.92 Å². The molecule has 0 aliphatic heterocycles. The molecule has 0 aliphatic rings. The zero-order valence-electron chi connectivity index (χ0n) is 13.6. The van der Waals surface area contributed by atoms with E-state index in [-0.39, 0.29) is 5.54 Å². The lowest BCUT2D eigenvalue weighted by atomic mass is 9.97. The first kappa shape index (κ1) is 16.0. The van der Waals surface area contributed by atoms with Crippen molar-refractivity contribution in [3.8, 4) is 0 Å². The predicted octanol–water partition coefficient (Wildman–Crippen LogP) is 4.73. The van der Waals surface area contributed by atoms with Crippen LogP contribution in [0, 0.1) is 19.8 Å². The molecule has 0 spiro atoms.